The number of likely N-dealkylation sites (tertiary alicyclic amines) is 1. The van der Waals surface area contributed by atoms with Gasteiger partial charge in [-0.2, -0.15) is 0 Å². The average molecular weight is 519 g/mol. The van der Waals surface area contributed by atoms with Crippen molar-refractivity contribution in [2.45, 2.75) is 44.6 Å². The molecule has 3 aromatic carbocycles. The van der Waals surface area contributed by atoms with Gasteiger partial charge in [-0.25, -0.2) is 4.98 Å². The van der Waals surface area contributed by atoms with Crippen LogP contribution in [-0.2, 0) is 13.0 Å². The van der Waals surface area contributed by atoms with Crippen molar-refractivity contribution in [2.75, 3.05) is 26.2 Å². The number of hydrogen-bond donors (Lipinski definition) is 1. The van der Waals surface area contributed by atoms with Crippen LogP contribution in [-0.4, -0.2) is 40.6 Å². The van der Waals surface area contributed by atoms with E-state index >= 15 is 0 Å². The van der Waals surface area contributed by atoms with Gasteiger partial charge in [-0.1, -0.05) is 85.4 Å². The zero-order chi connectivity index (χ0) is 26.7. The van der Waals surface area contributed by atoms with Crippen molar-refractivity contribution in [1.29, 1.82) is 0 Å². The van der Waals surface area contributed by atoms with Crippen molar-refractivity contribution in [3.8, 4) is 0 Å². The first-order chi connectivity index (χ1) is 19.2. The molecule has 4 heteroatoms. The Morgan fingerprint density at radius 3 is 2.44 bits per heavy atom. The van der Waals surface area contributed by atoms with Crippen molar-refractivity contribution in [3.63, 3.8) is 0 Å². The summed E-state index contributed by atoms with van der Waals surface area (Å²) in [4.78, 5) is 6.81. The van der Waals surface area contributed by atoms with Crippen molar-refractivity contribution in [1.82, 2.24) is 19.8 Å². The summed E-state index contributed by atoms with van der Waals surface area (Å²) in [6.07, 6.45) is 11.7. The number of rotatable bonds is 13. The van der Waals surface area contributed by atoms with Crippen LogP contribution in [0.3, 0.4) is 0 Å². The monoisotopic (exact) mass is 518 g/mol. The molecule has 1 fully saturated rings. The van der Waals surface area contributed by atoms with Crippen molar-refractivity contribution < 1.29 is 0 Å². The predicted octanol–water partition coefficient (Wildman–Crippen LogP) is 7.01. The Labute approximate surface area is 234 Å². The predicted molar refractivity (Wildman–Crippen MR) is 163 cm³/mol. The second-order valence-corrected chi connectivity index (χ2v) is 11.0. The molecule has 0 bridgehead atoms. The van der Waals surface area contributed by atoms with Crippen molar-refractivity contribution in [3.05, 3.63) is 132 Å². The highest BCUT2D eigenvalue weighted by Crippen LogP contribution is 2.29. The lowest BCUT2D eigenvalue weighted by atomic mass is 9.87. The minimum atomic E-state index is 0.406. The molecule has 1 aromatic heterocycles. The van der Waals surface area contributed by atoms with Crippen LogP contribution in [0.4, 0.5) is 0 Å². The van der Waals surface area contributed by atoms with Gasteiger partial charge in [-0.3, -0.25) is 0 Å². The zero-order valence-electron chi connectivity index (χ0n) is 23.1. The first-order valence-corrected chi connectivity index (χ1v) is 14.5. The van der Waals surface area contributed by atoms with Crippen LogP contribution in [0.25, 0.3) is 5.70 Å². The Morgan fingerprint density at radius 1 is 0.949 bits per heavy atom. The number of nitrogens with one attached hydrogen (secondary N) is 1. The van der Waals surface area contributed by atoms with Gasteiger partial charge in [0, 0.05) is 50.2 Å². The second-order valence-electron chi connectivity index (χ2n) is 11.0. The molecular formula is C35H42N4. The molecule has 4 aromatic rings. The van der Waals surface area contributed by atoms with Crippen LogP contribution in [0, 0.1) is 5.92 Å². The lowest BCUT2D eigenvalue weighted by Crippen LogP contribution is -2.39. The Balaban J connectivity index is 1.14. The maximum Gasteiger partial charge on any atom is 0.0945 e. The number of imidazole rings is 1. The summed E-state index contributed by atoms with van der Waals surface area (Å²) in [6.45, 7) is 9.71. The fraction of sp³-hybridized carbons (Fsp3) is 0.343. The van der Waals surface area contributed by atoms with Gasteiger partial charge in [0.2, 0.25) is 0 Å². The van der Waals surface area contributed by atoms with E-state index in [1.807, 2.05) is 18.7 Å². The molecule has 1 aliphatic rings. The minimum Gasteiger partial charge on any atom is -0.385 e. The van der Waals surface area contributed by atoms with Crippen LogP contribution >= 0.6 is 0 Å². The van der Waals surface area contributed by atoms with E-state index in [2.05, 4.69) is 111 Å². The van der Waals surface area contributed by atoms with Crippen molar-refractivity contribution in [2.24, 2.45) is 5.92 Å². The number of hydrogen-bond acceptors (Lipinski definition) is 3. The summed E-state index contributed by atoms with van der Waals surface area (Å²) in [7, 11) is 0. The smallest absolute Gasteiger partial charge is 0.0945 e. The van der Waals surface area contributed by atoms with E-state index in [1.54, 1.807) is 0 Å². The van der Waals surface area contributed by atoms with E-state index < -0.39 is 0 Å². The summed E-state index contributed by atoms with van der Waals surface area (Å²) >= 11 is 0. The van der Waals surface area contributed by atoms with E-state index in [0.717, 1.165) is 51.1 Å². The third-order valence-electron chi connectivity index (χ3n) is 7.99. The molecule has 1 N–H and O–H groups in total. The molecule has 0 saturated carbocycles. The van der Waals surface area contributed by atoms with Gasteiger partial charge in [0.1, 0.15) is 0 Å². The molecule has 1 saturated heterocycles. The van der Waals surface area contributed by atoms with Gasteiger partial charge < -0.3 is 14.8 Å². The molecule has 1 atom stereocenters. The molecule has 39 heavy (non-hydrogen) atoms. The first-order valence-electron chi connectivity index (χ1n) is 14.5. The summed E-state index contributed by atoms with van der Waals surface area (Å²) in [6, 6.07) is 31.0. The van der Waals surface area contributed by atoms with E-state index in [0.29, 0.717) is 11.8 Å². The summed E-state index contributed by atoms with van der Waals surface area (Å²) in [5, 5.41) is 3.54. The van der Waals surface area contributed by atoms with Crippen LogP contribution in [0.5, 0.6) is 0 Å². The average Bonchev–Trinajstić information content (AvgIpc) is 3.51. The van der Waals surface area contributed by atoms with Gasteiger partial charge in [0.15, 0.2) is 0 Å². The maximum atomic E-state index is 4.33. The van der Waals surface area contributed by atoms with Crippen molar-refractivity contribution >= 4 is 5.70 Å². The molecule has 202 valence electrons. The van der Waals surface area contributed by atoms with Gasteiger partial charge in [-0.15, -0.1) is 0 Å². The van der Waals surface area contributed by atoms with Gasteiger partial charge in [0.25, 0.3) is 0 Å². The quantitative estimate of drug-likeness (QED) is 0.193. The highest BCUT2D eigenvalue weighted by atomic mass is 15.1. The molecule has 0 spiro atoms. The number of unbranched alkanes of at least 4 members (excludes halogenated alkanes) is 1. The minimum absolute atomic E-state index is 0.406. The van der Waals surface area contributed by atoms with Crippen LogP contribution in [0.2, 0.25) is 0 Å². The SMILES string of the molecule is C=C(NCCCCn1ccnc1)c1cccc(CC2CCCN(CC(c3ccccc3)c3ccccc3)C2)c1. The fourth-order valence-corrected chi connectivity index (χ4v) is 5.91. The summed E-state index contributed by atoms with van der Waals surface area (Å²) in [5.74, 6) is 1.09. The molecule has 0 aliphatic carbocycles. The third kappa shape index (κ3) is 7.93. The number of nitrogens with zero attached hydrogens (tertiary/aromatic N) is 3. The molecule has 4 nitrogen and oxygen atoms in total. The molecular weight excluding hydrogens is 476 g/mol. The second kappa shape index (κ2) is 14.0. The first kappa shape index (κ1) is 27.0. The van der Waals surface area contributed by atoms with E-state index in [-0.39, 0.29) is 0 Å². The fourth-order valence-electron chi connectivity index (χ4n) is 5.91. The van der Waals surface area contributed by atoms with E-state index in [1.165, 1.54) is 41.6 Å². The maximum absolute atomic E-state index is 4.33. The lowest BCUT2D eigenvalue weighted by Gasteiger charge is -2.35. The zero-order valence-corrected chi connectivity index (χ0v) is 23.1. The highest BCUT2D eigenvalue weighted by molar-refractivity contribution is 5.62. The summed E-state index contributed by atoms with van der Waals surface area (Å²) in [5.41, 5.74) is 6.48. The molecule has 2 heterocycles. The molecule has 1 unspecified atom stereocenters. The molecule has 1 aliphatic heterocycles. The number of aryl methyl sites for hydroxylation is 1. The number of aromatic nitrogens is 2. The number of benzene rings is 3. The van der Waals surface area contributed by atoms with Gasteiger partial charge in [-0.05, 0) is 72.9 Å². The summed E-state index contributed by atoms with van der Waals surface area (Å²) < 4.78 is 2.13. The standard InChI is InChI=1S/C35H42N4/c1-29(37-19-8-9-21-38-23-20-36-28-38)34-18-10-12-30(25-34)24-31-13-11-22-39(26-31)27-35(32-14-4-2-5-15-32)33-16-6-3-7-17-33/h2-7,10,12,14-18,20,23,25,28,31,35,37H,1,8-9,11,13,19,21-22,24,26-27H2. The van der Waals surface area contributed by atoms with Gasteiger partial charge in [0.05, 0.1) is 6.33 Å². The van der Waals surface area contributed by atoms with Gasteiger partial charge >= 0.3 is 0 Å². The molecule has 0 amide bonds. The largest absolute Gasteiger partial charge is 0.385 e. The van der Waals surface area contributed by atoms with Crippen LogP contribution in [0.1, 0.15) is 53.9 Å². The molecule has 0 radical (unpaired) electrons. The van der Waals surface area contributed by atoms with E-state index in [9.17, 15) is 0 Å². The van der Waals surface area contributed by atoms with Crippen LogP contribution in [0.15, 0.2) is 110 Å². The lowest BCUT2D eigenvalue weighted by molar-refractivity contribution is 0.170. The Bertz CT molecular complexity index is 1230. The third-order valence-corrected chi connectivity index (χ3v) is 7.99. The van der Waals surface area contributed by atoms with Crippen LogP contribution < -0.4 is 5.32 Å². The topological polar surface area (TPSA) is 33.1 Å². The Hall–Kier alpha value is -3.63. The highest BCUT2D eigenvalue weighted by Gasteiger charge is 2.24. The number of piperidine rings is 1. The normalized spacial score (nSPS) is 15.9. The Morgan fingerprint density at radius 2 is 1.72 bits per heavy atom. The molecule has 5 rings (SSSR count). The Kier molecular flexibility index (Phi) is 9.65. The van der Waals surface area contributed by atoms with E-state index in [4.69, 9.17) is 0 Å².